The first-order chi connectivity index (χ1) is 9.29. The zero-order valence-corrected chi connectivity index (χ0v) is 10.7. The molecular weight excluding hydrogens is 244 g/mol. The van der Waals surface area contributed by atoms with Gasteiger partial charge in [-0.15, -0.1) is 0 Å². The maximum atomic E-state index is 11.8. The Labute approximate surface area is 111 Å². The van der Waals surface area contributed by atoms with E-state index in [9.17, 15) is 4.79 Å². The van der Waals surface area contributed by atoms with E-state index in [4.69, 9.17) is 0 Å². The number of nitrogens with one attached hydrogen (secondary N) is 2. The average Bonchev–Trinajstić information content (AvgIpc) is 2.96. The van der Waals surface area contributed by atoms with Gasteiger partial charge in [0.15, 0.2) is 0 Å². The third-order valence-electron chi connectivity index (χ3n) is 2.50. The lowest BCUT2D eigenvalue weighted by Gasteiger charge is -2.05. The number of aromatic nitrogens is 2. The van der Waals surface area contributed by atoms with Gasteiger partial charge in [0.2, 0.25) is 0 Å². The molecule has 100 valence electrons. The lowest BCUT2D eigenvalue weighted by Crippen LogP contribution is -2.23. The molecule has 1 amide bonds. The lowest BCUT2D eigenvalue weighted by molar-refractivity contribution is 0.0945. The summed E-state index contributed by atoms with van der Waals surface area (Å²) in [6.07, 6.45) is 4.16. The maximum absolute atomic E-state index is 11.8. The van der Waals surface area contributed by atoms with E-state index in [1.54, 1.807) is 18.3 Å². The van der Waals surface area contributed by atoms with E-state index in [-0.39, 0.29) is 5.91 Å². The molecule has 0 saturated heterocycles. The van der Waals surface area contributed by atoms with E-state index in [0.717, 1.165) is 18.7 Å². The summed E-state index contributed by atoms with van der Waals surface area (Å²) in [6.45, 7) is 3.30. The molecule has 2 aromatic heterocycles. The number of nitrogens with zero attached hydrogens (tertiary/aromatic N) is 2. The Balaban J connectivity index is 1.88. The second-order valence-electron chi connectivity index (χ2n) is 4.03. The highest BCUT2D eigenvalue weighted by Crippen LogP contribution is 2.06. The largest absolute Gasteiger partial charge is 0.384 e. The van der Waals surface area contributed by atoms with Crippen LogP contribution in [0.2, 0.25) is 0 Å². The number of rotatable bonds is 6. The van der Waals surface area contributed by atoms with Crippen LogP contribution in [0.4, 0.5) is 5.69 Å². The van der Waals surface area contributed by atoms with Gasteiger partial charge in [-0.1, -0.05) is 12.1 Å². The van der Waals surface area contributed by atoms with Gasteiger partial charge >= 0.3 is 0 Å². The van der Waals surface area contributed by atoms with E-state index in [1.807, 2.05) is 6.07 Å². The summed E-state index contributed by atoms with van der Waals surface area (Å²) < 4.78 is 4.68. The van der Waals surface area contributed by atoms with Crippen LogP contribution in [-0.4, -0.2) is 22.6 Å². The minimum atomic E-state index is -0.231. The molecule has 2 N–H and O–H groups in total. The quantitative estimate of drug-likeness (QED) is 0.828. The van der Waals surface area contributed by atoms with Gasteiger partial charge in [0.25, 0.3) is 5.91 Å². The zero-order chi connectivity index (χ0) is 13.5. The van der Waals surface area contributed by atoms with Crippen LogP contribution in [0.1, 0.15) is 29.5 Å². The number of anilines is 1. The number of hydrogen-bond donors (Lipinski definition) is 2. The first-order valence-electron chi connectivity index (χ1n) is 6.17. The van der Waals surface area contributed by atoms with Gasteiger partial charge in [0.05, 0.1) is 18.4 Å². The van der Waals surface area contributed by atoms with Crippen molar-refractivity contribution in [3.8, 4) is 0 Å². The van der Waals surface area contributed by atoms with Gasteiger partial charge in [0.1, 0.15) is 17.7 Å². The summed E-state index contributed by atoms with van der Waals surface area (Å²) in [5.74, 6) is -0.231. The number of carbonyl (C=O) groups is 1. The van der Waals surface area contributed by atoms with E-state index in [0.29, 0.717) is 17.9 Å². The second-order valence-corrected chi connectivity index (χ2v) is 4.03. The third-order valence-corrected chi connectivity index (χ3v) is 2.50. The first kappa shape index (κ1) is 13.1. The fraction of sp³-hybridized carbons (Fsp3) is 0.308. The Hall–Kier alpha value is -2.37. The molecule has 0 aliphatic rings. The maximum Gasteiger partial charge on any atom is 0.270 e. The van der Waals surface area contributed by atoms with Crippen LogP contribution in [0, 0.1) is 0 Å². The van der Waals surface area contributed by atoms with Gasteiger partial charge in [-0.3, -0.25) is 4.79 Å². The van der Waals surface area contributed by atoms with Crippen LogP contribution in [0.3, 0.4) is 0 Å². The van der Waals surface area contributed by atoms with Crippen molar-refractivity contribution in [1.29, 1.82) is 0 Å². The van der Waals surface area contributed by atoms with Crippen molar-refractivity contribution in [1.82, 2.24) is 15.5 Å². The van der Waals surface area contributed by atoms with E-state index in [1.165, 1.54) is 6.26 Å². The highest BCUT2D eigenvalue weighted by Gasteiger charge is 2.07. The topological polar surface area (TPSA) is 80.0 Å². The number of carbonyl (C=O) groups excluding carboxylic acids is 1. The summed E-state index contributed by atoms with van der Waals surface area (Å²) in [4.78, 5) is 15.9. The van der Waals surface area contributed by atoms with Gasteiger partial charge in [0, 0.05) is 12.6 Å². The Kier molecular flexibility index (Phi) is 4.49. The fourth-order valence-electron chi connectivity index (χ4n) is 1.49. The Morgan fingerprint density at radius 1 is 1.37 bits per heavy atom. The molecule has 0 bridgehead atoms. The van der Waals surface area contributed by atoms with Crippen molar-refractivity contribution in [3.63, 3.8) is 0 Å². The molecule has 19 heavy (non-hydrogen) atoms. The summed E-state index contributed by atoms with van der Waals surface area (Å²) in [5, 5.41) is 9.63. The predicted molar refractivity (Wildman–Crippen MR) is 70.7 cm³/mol. The summed E-state index contributed by atoms with van der Waals surface area (Å²) >= 11 is 0. The third kappa shape index (κ3) is 3.80. The zero-order valence-electron chi connectivity index (χ0n) is 10.7. The minimum absolute atomic E-state index is 0.231. The molecule has 2 heterocycles. The van der Waals surface area contributed by atoms with Crippen LogP contribution in [-0.2, 0) is 6.54 Å². The van der Waals surface area contributed by atoms with Crippen LogP contribution in [0.15, 0.2) is 35.2 Å². The smallest absolute Gasteiger partial charge is 0.270 e. The molecule has 0 aromatic carbocycles. The van der Waals surface area contributed by atoms with Crippen molar-refractivity contribution in [2.24, 2.45) is 0 Å². The Morgan fingerprint density at radius 2 is 2.26 bits per heavy atom. The summed E-state index contributed by atoms with van der Waals surface area (Å²) in [7, 11) is 0. The highest BCUT2D eigenvalue weighted by molar-refractivity contribution is 5.92. The number of amides is 1. The highest BCUT2D eigenvalue weighted by atomic mass is 16.5. The van der Waals surface area contributed by atoms with Crippen molar-refractivity contribution in [3.05, 3.63) is 42.0 Å². The lowest BCUT2D eigenvalue weighted by atomic mass is 10.3. The number of pyridine rings is 1. The van der Waals surface area contributed by atoms with E-state index < -0.39 is 0 Å². The fourth-order valence-corrected chi connectivity index (χ4v) is 1.49. The van der Waals surface area contributed by atoms with E-state index in [2.05, 4.69) is 32.2 Å². The average molecular weight is 260 g/mol. The van der Waals surface area contributed by atoms with Crippen LogP contribution >= 0.6 is 0 Å². The van der Waals surface area contributed by atoms with Gasteiger partial charge in [-0.05, 0) is 18.6 Å². The van der Waals surface area contributed by atoms with Crippen molar-refractivity contribution in [2.45, 2.75) is 19.9 Å². The molecular formula is C13H16N4O2. The van der Waals surface area contributed by atoms with E-state index >= 15 is 0 Å². The molecule has 0 spiro atoms. The molecule has 6 heteroatoms. The summed E-state index contributed by atoms with van der Waals surface area (Å²) in [5.41, 5.74) is 1.97. The number of hydrogen-bond acceptors (Lipinski definition) is 5. The molecule has 2 aromatic rings. The minimum Gasteiger partial charge on any atom is -0.384 e. The molecule has 0 radical (unpaired) electrons. The predicted octanol–water partition coefficient (Wildman–Crippen LogP) is 1.82. The Bertz CT molecular complexity index is 508. The van der Waals surface area contributed by atoms with Crippen LogP contribution < -0.4 is 10.6 Å². The molecule has 0 aliphatic carbocycles. The standard InChI is InChI=1S/C13H16N4O2/c1-2-6-14-10-3-4-12(15-8-10)13(18)16-9-11-5-7-19-17-11/h3-5,7-8,14H,2,6,9H2,1H3,(H,16,18). The van der Waals surface area contributed by atoms with Crippen LogP contribution in [0.25, 0.3) is 0 Å². The van der Waals surface area contributed by atoms with Crippen LogP contribution in [0.5, 0.6) is 0 Å². The molecule has 0 unspecified atom stereocenters. The molecule has 0 saturated carbocycles. The monoisotopic (exact) mass is 260 g/mol. The van der Waals surface area contributed by atoms with Gasteiger partial charge < -0.3 is 15.2 Å². The molecule has 6 nitrogen and oxygen atoms in total. The van der Waals surface area contributed by atoms with Crippen molar-refractivity contribution in [2.75, 3.05) is 11.9 Å². The Morgan fingerprint density at radius 3 is 2.89 bits per heavy atom. The van der Waals surface area contributed by atoms with Crippen molar-refractivity contribution >= 4 is 11.6 Å². The summed E-state index contributed by atoms with van der Waals surface area (Å²) in [6, 6.07) is 5.23. The van der Waals surface area contributed by atoms with Crippen molar-refractivity contribution < 1.29 is 9.32 Å². The molecule has 0 aliphatic heterocycles. The first-order valence-corrected chi connectivity index (χ1v) is 6.17. The van der Waals surface area contributed by atoms with Gasteiger partial charge in [-0.25, -0.2) is 4.98 Å². The van der Waals surface area contributed by atoms with Gasteiger partial charge in [-0.2, -0.15) is 0 Å². The normalized spacial score (nSPS) is 10.2. The SMILES string of the molecule is CCCNc1ccc(C(=O)NCc2ccon2)nc1. The molecule has 0 fully saturated rings. The molecule has 2 rings (SSSR count). The molecule has 0 atom stereocenters. The second kappa shape index (κ2) is 6.53.